The fourth-order valence-corrected chi connectivity index (χ4v) is 2.70. The van der Waals surface area contributed by atoms with Crippen LogP contribution in [0.25, 0.3) is 0 Å². The SMILES string of the molecule is CN1CCC(N(C)c2ccc(C=O)c(C(F)(F)F)c2)CC1. The lowest BCUT2D eigenvalue weighted by Gasteiger charge is -2.36. The summed E-state index contributed by atoms with van der Waals surface area (Å²) in [5.41, 5.74) is -0.680. The molecule has 1 aromatic rings. The number of rotatable bonds is 3. The van der Waals surface area contributed by atoms with Crippen molar-refractivity contribution >= 4 is 12.0 Å². The van der Waals surface area contributed by atoms with Crippen molar-refractivity contribution in [2.75, 3.05) is 32.1 Å². The molecule has 0 bridgehead atoms. The lowest BCUT2D eigenvalue weighted by atomic mass is 10.0. The minimum Gasteiger partial charge on any atom is -0.372 e. The van der Waals surface area contributed by atoms with Gasteiger partial charge in [-0.05, 0) is 51.2 Å². The van der Waals surface area contributed by atoms with Crippen LogP contribution in [0.15, 0.2) is 18.2 Å². The molecule has 116 valence electrons. The first-order valence-corrected chi connectivity index (χ1v) is 6.90. The van der Waals surface area contributed by atoms with Gasteiger partial charge in [0.15, 0.2) is 6.29 Å². The average Bonchev–Trinajstić information content (AvgIpc) is 2.45. The van der Waals surface area contributed by atoms with Crippen molar-refractivity contribution in [3.8, 4) is 0 Å². The highest BCUT2D eigenvalue weighted by atomic mass is 19.4. The van der Waals surface area contributed by atoms with E-state index in [0.29, 0.717) is 5.69 Å². The molecule has 6 heteroatoms. The molecule has 0 amide bonds. The fraction of sp³-hybridized carbons (Fsp3) is 0.533. The Hall–Kier alpha value is -1.56. The van der Waals surface area contributed by atoms with Crippen LogP contribution >= 0.6 is 0 Å². The Kier molecular flexibility index (Phi) is 4.56. The zero-order valence-corrected chi connectivity index (χ0v) is 12.2. The Morgan fingerprint density at radius 1 is 1.29 bits per heavy atom. The summed E-state index contributed by atoms with van der Waals surface area (Å²) in [4.78, 5) is 14.9. The topological polar surface area (TPSA) is 23.6 Å². The Morgan fingerprint density at radius 2 is 1.90 bits per heavy atom. The molecule has 1 aromatic carbocycles. The van der Waals surface area contributed by atoms with E-state index in [-0.39, 0.29) is 17.9 Å². The molecule has 0 atom stereocenters. The lowest BCUT2D eigenvalue weighted by molar-refractivity contribution is -0.137. The van der Waals surface area contributed by atoms with Gasteiger partial charge in [0, 0.05) is 24.3 Å². The monoisotopic (exact) mass is 300 g/mol. The molecule has 21 heavy (non-hydrogen) atoms. The number of halogens is 3. The summed E-state index contributed by atoms with van der Waals surface area (Å²) in [6.07, 6.45) is -2.42. The fourth-order valence-electron chi connectivity index (χ4n) is 2.70. The van der Waals surface area contributed by atoms with Crippen molar-refractivity contribution in [2.45, 2.75) is 25.1 Å². The van der Waals surface area contributed by atoms with Crippen LogP contribution in [0.3, 0.4) is 0 Å². The van der Waals surface area contributed by atoms with Crippen molar-refractivity contribution in [3.63, 3.8) is 0 Å². The van der Waals surface area contributed by atoms with E-state index < -0.39 is 11.7 Å². The molecule has 0 aliphatic carbocycles. The van der Waals surface area contributed by atoms with Crippen LogP contribution in [-0.4, -0.2) is 44.4 Å². The summed E-state index contributed by atoms with van der Waals surface area (Å²) < 4.78 is 39.0. The second-order valence-corrected chi connectivity index (χ2v) is 5.53. The first-order chi connectivity index (χ1) is 9.82. The first kappa shape index (κ1) is 15.8. The van der Waals surface area contributed by atoms with Gasteiger partial charge in [-0.25, -0.2) is 0 Å². The zero-order chi connectivity index (χ0) is 15.6. The highest BCUT2D eigenvalue weighted by molar-refractivity contribution is 5.79. The van der Waals surface area contributed by atoms with Crippen molar-refractivity contribution in [3.05, 3.63) is 29.3 Å². The van der Waals surface area contributed by atoms with Gasteiger partial charge >= 0.3 is 6.18 Å². The number of hydrogen-bond donors (Lipinski definition) is 0. The van der Waals surface area contributed by atoms with E-state index in [1.807, 2.05) is 19.0 Å². The molecule has 1 saturated heterocycles. The Morgan fingerprint density at radius 3 is 2.43 bits per heavy atom. The molecule has 1 heterocycles. The van der Waals surface area contributed by atoms with E-state index >= 15 is 0 Å². The number of anilines is 1. The largest absolute Gasteiger partial charge is 0.417 e. The van der Waals surface area contributed by atoms with Gasteiger partial charge in [-0.15, -0.1) is 0 Å². The first-order valence-electron chi connectivity index (χ1n) is 6.90. The van der Waals surface area contributed by atoms with Gasteiger partial charge in [0.1, 0.15) is 0 Å². The molecule has 1 aliphatic heterocycles. The molecule has 0 spiro atoms. The molecule has 2 rings (SSSR count). The van der Waals surface area contributed by atoms with Gasteiger partial charge in [0.25, 0.3) is 0 Å². The van der Waals surface area contributed by atoms with E-state index in [1.54, 1.807) is 6.07 Å². The van der Waals surface area contributed by atoms with E-state index in [0.717, 1.165) is 32.0 Å². The third kappa shape index (κ3) is 3.56. The predicted molar refractivity (Wildman–Crippen MR) is 75.8 cm³/mol. The van der Waals surface area contributed by atoms with E-state index in [9.17, 15) is 18.0 Å². The molecule has 0 N–H and O–H groups in total. The maximum Gasteiger partial charge on any atom is 0.417 e. The van der Waals surface area contributed by atoms with Crippen molar-refractivity contribution in [2.24, 2.45) is 0 Å². The van der Waals surface area contributed by atoms with Crippen LogP contribution in [0.1, 0.15) is 28.8 Å². The van der Waals surface area contributed by atoms with Gasteiger partial charge in [0.05, 0.1) is 5.56 Å². The Labute approximate surface area is 122 Å². The molecule has 1 aliphatic rings. The summed E-state index contributed by atoms with van der Waals surface area (Å²) in [6.45, 7) is 1.88. The summed E-state index contributed by atoms with van der Waals surface area (Å²) in [6, 6.07) is 4.13. The highest BCUT2D eigenvalue weighted by Gasteiger charge is 2.34. The van der Waals surface area contributed by atoms with E-state index in [4.69, 9.17) is 0 Å². The maximum atomic E-state index is 13.0. The predicted octanol–water partition coefficient (Wildman–Crippen LogP) is 3.05. The standard InChI is InChI=1S/C15H19F3N2O/c1-19-7-5-12(6-8-19)20(2)13-4-3-11(10-21)14(9-13)15(16,17)18/h3-4,9-10,12H,5-8H2,1-2H3. The summed E-state index contributed by atoms with van der Waals surface area (Å²) in [7, 11) is 3.85. The summed E-state index contributed by atoms with van der Waals surface area (Å²) in [5, 5.41) is 0. The van der Waals surface area contributed by atoms with Crippen LogP contribution in [-0.2, 0) is 6.18 Å². The van der Waals surface area contributed by atoms with Crippen LogP contribution in [0.5, 0.6) is 0 Å². The molecule has 0 saturated carbocycles. The zero-order valence-electron chi connectivity index (χ0n) is 12.2. The van der Waals surface area contributed by atoms with Crippen molar-refractivity contribution in [1.29, 1.82) is 0 Å². The van der Waals surface area contributed by atoms with Gasteiger partial charge < -0.3 is 9.80 Å². The molecule has 0 aromatic heterocycles. The average molecular weight is 300 g/mol. The summed E-state index contributed by atoms with van der Waals surface area (Å²) >= 11 is 0. The molecular formula is C15H19F3N2O. The molecule has 1 fully saturated rings. The molecule has 0 unspecified atom stereocenters. The smallest absolute Gasteiger partial charge is 0.372 e. The Bertz CT molecular complexity index is 508. The van der Waals surface area contributed by atoms with Gasteiger partial charge in [-0.3, -0.25) is 4.79 Å². The summed E-state index contributed by atoms with van der Waals surface area (Å²) in [5.74, 6) is 0. The Balaban J connectivity index is 2.25. The number of benzene rings is 1. The normalized spacial score (nSPS) is 17.8. The molecular weight excluding hydrogens is 281 g/mol. The number of carbonyl (C=O) groups is 1. The second kappa shape index (κ2) is 6.05. The number of nitrogens with zero attached hydrogens (tertiary/aromatic N) is 2. The molecule has 0 radical (unpaired) electrons. The number of likely N-dealkylation sites (tertiary alicyclic amines) is 1. The minimum absolute atomic E-state index is 0.226. The van der Waals surface area contributed by atoms with Crippen LogP contribution in [0, 0.1) is 0 Å². The second-order valence-electron chi connectivity index (χ2n) is 5.53. The maximum absolute atomic E-state index is 13.0. The third-order valence-corrected chi connectivity index (χ3v) is 4.11. The number of carbonyl (C=O) groups excluding carboxylic acids is 1. The van der Waals surface area contributed by atoms with Gasteiger partial charge in [-0.1, -0.05) is 0 Å². The van der Waals surface area contributed by atoms with Gasteiger partial charge in [-0.2, -0.15) is 13.2 Å². The minimum atomic E-state index is -4.51. The number of hydrogen-bond acceptors (Lipinski definition) is 3. The molecule has 3 nitrogen and oxygen atoms in total. The van der Waals surface area contributed by atoms with Crippen LogP contribution < -0.4 is 4.90 Å². The quantitative estimate of drug-likeness (QED) is 0.802. The number of alkyl halides is 3. The van der Waals surface area contributed by atoms with Gasteiger partial charge in [0.2, 0.25) is 0 Å². The van der Waals surface area contributed by atoms with Crippen molar-refractivity contribution in [1.82, 2.24) is 4.90 Å². The van der Waals surface area contributed by atoms with Crippen LogP contribution in [0.2, 0.25) is 0 Å². The van der Waals surface area contributed by atoms with Crippen molar-refractivity contribution < 1.29 is 18.0 Å². The lowest BCUT2D eigenvalue weighted by Crippen LogP contribution is -2.42. The third-order valence-electron chi connectivity index (χ3n) is 4.11. The number of piperidine rings is 1. The van der Waals surface area contributed by atoms with E-state index in [2.05, 4.69) is 4.90 Å². The van der Waals surface area contributed by atoms with E-state index in [1.165, 1.54) is 6.07 Å². The highest BCUT2D eigenvalue weighted by Crippen LogP contribution is 2.34. The number of aldehydes is 1. The van der Waals surface area contributed by atoms with Crippen LogP contribution in [0.4, 0.5) is 18.9 Å².